The van der Waals surface area contributed by atoms with Crippen LogP contribution in [0.1, 0.15) is 5.56 Å². The number of halogens is 1. The van der Waals surface area contributed by atoms with Gasteiger partial charge in [-0.1, -0.05) is 17.8 Å². The SMILES string of the molecule is COCCNCc1ccc(Sc2ccncn2)c(F)c1. The standard InChI is InChI=1S/C14H16FN3OS/c1-19-7-6-16-9-11-2-3-13(12(15)8-11)20-14-4-5-17-10-18-14/h2-5,8,10,16H,6-7,9H2,1H3. The molecule has 2 rings (SSSR count). The van der Waals surface area contributed by atoms with Gasteiger partial charge in [0.15, 0.2) is 0 Å². The summed E-state index contributed by atoms with van der Waals surface area (Å²) >= 11 is 1.29. The zero-order valence-corrected chi connectivity index (χ0v) is 12.0. The third kappa shape index (κ3) is 4.56. The summed E-state index contributed by atoms with van der Waals surface area (Å²) in [6, 6.07) is 6.98. The lowest BCUT2D eigenvalue weighted by molar-refractivity contribution is 0.199. The van der Waals surface area contributed by atoms with Crippen LogP contribution >= 0.6 is 11.8 Å². The van der Waals surface area contributed by atoms with Crippen LogP contribution in [0, 0.1) is 5.82 Å². The molecule has 0 saturated carbocycles. The average Bonchev–Trinajstić information content (AvgIpc) is 2.47. The first-order chi connectivity index (χ1) is 9.79. The molecule has 0 spiro atoms. The summed E-state index contributed by atoms with van der Waals surface area (Å²) in [5.41, 5.74) is 0.908. The van der Waals surface area contributed by atoms with Crippen molar-refractivity contribution in [2.24, 2.45) is 0 Å². The molecule has 1 aromatic heterocycles. The topological polar surface area (TPSA) is 47.0 Å². The highest BCUT2D eigenvalue weighted by Crippen LogP contribution is 2.28. The molecular formula is C14H16FN3OS. The highest BCUT2D eigenvalue weighted by molar-refractivity contribution is 7.99. The van der Waals surface area contributed by atoms with Crippen LogP contribution in [0.3, 0.4) is 0 Å². The Labute approximate surface area is 121 Å². The Kier molecular flexibility index (Phi) is 5.91. The monoisotopic (exact) mass is 293 g/mol. The Morgan fingerprint density at radius 1 is 1.35 bits per heavy atom. The number of nitrogens with one attached hydrogen (secondary N) is 1. The number of hydrogen-bond donors (Lipinski definition) is 1. The Balaban J connectivity index is 1.95. The molecule has 0 saturated heterocycles. The third-order valence-corrected chi connectivity index (χ3v) is 3.58. The first kappa shape index (κ1) is 14.9. The maximum atomic E-state index is 14.0. The molecule has 2 aromatic rings. The number of aromatic nitrogens is 2. The van der Waals surface area contributed by atoms with Gasteiger partial charge < -0.3 is 10.1 Å². The second-order valence-corrected chi connectivity index (χ2v) is 5.15. The van der Waals surface area contributed by atoms with E-state index in [0.29, 0.717) is 18.0 Å². The van der Waals surface area contributed by atoms with Crippen LogP contribution in [0.2, 0.25) is 0 Å². The van der Waals surface area contributed by atoms with Gasteiger partial charge in [-0.25, -0.2) is 14.4 Å². The van der Waals surface area contributed by atoms with Gasteiger partial charge in [-0.3, -0.25) is 0 Å². The van der Waals surface area contributed by atoms with Crippen molar-refractivity contribution in [2.75, 3.05) is 20.3 Å². The molecule has 0 atom stereocenters. The van der Waals surface area contributed by atoms with E-state index in [2.05, 4.69) is 15.3 Å². The molecule has 0 bridgehead atoms. The first-order valence-corrected chi connectivity index (χ1v) is 7.03. The van der Waals surface area contributed by atoms with E-state index in [1.165, 1.54) is 18.1 Å². The van der Waals surface area contributed by atoms with E-state index in [4.69, 9.17) is 4.74 Å². The lowest BCUT2D eigenvalue weighted by Gasteiger charge is -2.07. The van der Waals surface area contributed by atoms with Gasteiger partial charge >= 0.3 is 0 Å². The predicted molar refractivity (Wildman–Crippen MR) is 76.1 cm³/mol. The number of nitrogens with zero attached hydrogens (tertiary/aromatic N) is 2. The maximum absolute atomic E-state index is 14.0. The Morgan fingerprint density at radius 3 is 2.95 bits per heavy atom. The number of rotatable bonds is 7. The largest absolute Gasteiger partial charge is 0.383 e. The van der Waals surface area contributed by atoms with E-state index < -0.39 is 0 Å². The van der Waals surface area contributed by atoms with Gasteiger partial charge in [0.25, 0.3) is 0 Å². The Bertz CT molecular complexity index is 539. The number of hydrogen-bond acceptors (Lipinski definition) is 5. The van der Waals surface area contributed by atoms with Crippen molar-refractivity contribution < 1.29 is 9.13 Å². The smallest absolute Gasteiger partial charge is 0.137 e. The molecule has 0 amide bonds. The summed E-state index contributed by atoms with van der Waals surface area (Å²) in [6.45, 7) is 2.01. The van der Waals surface area contributed by atoms with Crippen LogP contribution in [0.4, 0.5) is 4.39 Å². The van der Waals surface area contributed by atoms with Gasteiger partial charge in [0.1, 0.15) is 17.2 Å². The number of methoxy groups -OCH3 is 1. The predicted octanol–water partition coefficient (Wildman–Crippen LogP) is 2.50. The van der Waals surface area contributed by atoms with Crippen molar-refractivity contribution >= 4 is 11.8 Å². The molecule has 1 aromatic carbocycles. The van der Waals surface area contributed by atoms with Crippen LogP contribution in [0.25, 0.3) is 0 Å². The Hall–Kier alpha value is -1.50. The zero-order valence-electron chi connectivity index (χ0n) is 11.2. The van der Waals surface area contributed by atoms with Gasteiger partial charge in [0.05, 0.1) is 6.61 Å². The molecule has 20 heavy (non-hydrogen) atoms. The van der Waals surface area contributed by atoms with Gasteiger partial charge in [0.2, 0.25) is 0 Å². The van der Waals surface area contributed by atoms with Crippen molar-refractivity contribution in [3.8, 4) is 0 Å². The highest BCUT2D eigenvalue weighted by Gasteiger charge is 2.06. The fourth-order valence-corrected chi connectivity index (χ4v) is 2.34. The molecule has 0 fully saturated rings. The van der Waals surface area contributed by atoms with E-state index >= 15 is 0 Å². The molecule has 0 radical (unpaired) electrons. The van der Waals surface area contributed by atoms with Crippen LogP contribution in [-0.2, 0) is 11.3 Å². The quantitative estimate of drug-likeness (QED) is 0.628. The molecule has 0 unspecified atom stereocenters. The summed E-state index contributed by atoms with van der Waals surface area (Å²) in [7, 11) is 1.65. The minimum atomic E-state index is -0.236. The maximum Gasteiger partial charge on any atom is 0.137 e. The van der Waals surface area contributed by atoms with Gasteiger partial charge in [0, 0.05) is 31.3 Å². The highest BCUT2D eigenvalue weighted by atomic mass is 32.2. The minimum Gasteiger partial charge on any atom is -0.383 e. The van der Waals surface area contributed by atoms with E-state index in [0.717, 1.165) is 17.1 Å². The van der Waals surface area contributed by atoms with Crippen molar-refractivity contribution in [1.29, 1.82) is 0 Å². The van der Waals surface area contributed by atoms with Crippen LogP contribution < -0.4 is 5.32 Å². The summed E-state index contributed by atoms with van der Waals surface area (Å²) in [5.74, 6) is -0.236. The second kappa shape index (κ2) is 7.94. The lowest BCUT2D eigenvalue weighted by Crippen LogP contribution is -2.18. The molecule has 6 heteroatoms. The summed E-state index contributed by atoms with van der Waals surface area (Å²) < 4.78 is 18.9. The van der Waals surface area contributed by atoms with Gasteiger partial charge in [-0.2, -0.15) is 0 Å². The Morgan fingerprint density at radius 2 is 2.25 bits per heavy atom. The molecule has 1 N–H and O–H groups in total. The second-order valence-electron chi connectivity index (χ2n) is 4.08. The molecule has 4 nitrogen and oxygen atoms in total. The lowest BCUT2D eigenvalue weighted by atomic mass is 10.2. The van der Waals surface area contributed by atoms with E-state index in [1.807, 2.05) is 6.07 Å². The van der Waals surface area contributed by atoms with E-state index in [1.54, 1.807) is 31.5 Å². The zero-order chi connectivity index (χ0) is 14.2. The third-order valence-electron chi connectivity index (χ3n) is 2.58. The van der Waals surface area contributed by atoms with E-state index in [-0.39, 0.29) is 5.82 Å². The van der Waals surface area contributed by atoms with E-state index in [9.17, 15) is 4.39 Å². The van der Waals surface area contributed by atoms with Crippen LogP contribution in [0.5, 0.6) is 0 Å². The first-order valence-electron chi connectivity index (χ1n) is 6.21. The number of ether oxygens (including phenoxy) is 1. The minimum absolute atomic E-state index is 0.236. The fourth-order valence-electron chi connectivity index (χ4n) is 1.60. The van der Waals surface area contributed by atoms with Crippen molar-refractivity contribution in [3.05, 3.63) is 48.2 Å². The average molecular weight is 293 g/mol. The van der Waals surface area contributed by atoms with Crippen molar-refractivity contribution in [3.63, 3.8) is 0 Å². The van der Waals surface area contributed by atoms with Crippen molar-refractivity contribution in [2.45, 2.75) is 16.5 Å². The van der Waals surface area contributed by atoms with Gasteiger partial charge in [-0.05, 0) is 23.8 Å². The van der Waals surface area contributed by atoms with Crippen molar-refractivity contribution in [1.82, 2.24) is 15.3 Å². The summed E-state index contributed by atoms with van der Waals surface area (Å²) in [6.07, 6.45) is 3.09. The van der Waals surface area contributed by atoms with Crippen LogP contribution in [-0.4, -0.2) is 30.2 Å². The normalized spacial score (nSPS) is 10.7. The molecule has 106 valence electrons. The van der Waals surface area contributed by atoms with Gasteiger partial charge in [-0.15, -0.1) is 0 Å². The summed E-state index contributed by atoms with van der Waals surface area (Å²) in [5, 5.41) is 3.91. The fraction of sp³-hybridized carbons (Fsp3) is 0.286. The molecule has 0 aliphatic carbocycles. The van der Waals surface area contributed by atoms with Crippen LogP contribution in [0.15, 0.2) is 46.7 Å². The molecule has 0 aliphatic heterocycles. The summed E-state index contributed by atoms with van der Waals surface area (Å²) in [4.78, 5) is 8.46. The molecular weight excluding hydrogens is 277 g/mol. The molecule has 0 aliphatic rings. The molecule has 1 heterocycles. The number of benzene rings is 1.